The zero-order chi connectivity index (χ0) is 21.6. The van der Waals surface area contributed by atoms with Gasteiger partial charge in [0.25, 0.3) is 5.91 Å². The molecule has 0 bridgehead atoms. The molecule has 2 N–H and O–H groups in total. The molecule has 0 atom stereocenters. The number of carbonyl (C=O) groups is 1. The molecule has 1 aromatic heterocycles. The van der Waals surface area contributed by atoms with E-state index in [9.17, 15) is 4.79 Å². The first-order valence-corrected chi connectivity index (χ1v) is 10.3. The van der Waals surface area contributed by atoms with Crippen LogP contribution in [0, 0.1) is 0 Å². The molecule has 3 aromatic carbocycles. The van der Waals surface area contributed by atoms with E-state index in [4.69, 9.17) is 33.0 Å². The van der Waals surface area contributed by atoms with Gasteiger partial charge in [0, 0.05) is 17.1 Å². The van der Waals surface area contributed by atoms with Crippen molar-refractivity contribution in [2.45, 2.75) is 6.42 Å². The van der Waals surface area contributed by atoms with Crippen molar-refractivity contribution in [1.82, 2.24) is 10.3 Å². The van der Waals surface area contributed by atoms with E-state index >= 15 is 0 Å². The second kappa shape index (κ2) is 9.59. The predicted molar refractivity (Wildman–Crippen MR) is 125 cm³/mol. The van der Waals surface area contributed by atoms with Crippen LogP contribution in [0.1, 0.15) is 11.5 Å². The minimum atomic E-state index is -0.339. The highest BCUT2D eigenvalue weighted by atomic mass is 35.5. The summed E-state index contributed by atoms with van der Waals surface area (Å²) < 4.78 is 11.2. The van der Waals surface area contributed by atoms with Crippen LogP contribution >= 0.6 is 23.8 Å². The van der Waals surface area contributed by atoms with Crippen LogP contribution in [0.3, 0.4) is 0 Å². The number of aromatic nitrogens is 1. The number of hydrogen-bond donors (Lipinski definition) is 2. The first-order valence-electron chi connectivity index (χ1n) is 9.48. The lowest BCUT2D eigenvalue weighted by Crippen LogP contribution is -2.37. The topological polar surface area (TPSA) is 76.4 Å². The number of fused-ring (bicyclic) bond motifs is 1. The number of carbonyl (C=O) groups excluding carboxylic acids is 1. The van der Waals surface area contributed by atoms with Gasteiger partial charge in [-0.2, -0.15) is 0 Å². The van der Waals surface area contributed by atoms with Gasteiger partial charge < -0.3 is 14.5 Å². The van der Waals surface area contributed by atoms with Crippen molar-refractivity contribution in [3.05, 3.63) is 89.3 Å². The summed E-state index contributed by atoms with van der Waals surface area (Å²) in [5, 5.41) is 6.40. The third kappa shape index (κ3) is 5.81. The van der Waals surface area contributed by atoms with E-state index in [1.54, 1.807) is 30.3 Å². The number of halogens is 1. The zero-order valence-corrected chi connectivity index (χ0v) is 17.9. The highest BCUT2D eigenvalue weighted by molar-refractivity contribution is 7.80. The maximum Gasteiger partial charge on any atom is 0.264 e. The number of amides is 1. The number of anilines is 1. The number of thiocarbonyl (C=S) groups is 1. The van der Waals surface area contributed by atoms with E-state index in [0.717, 1.165) is 16.8 Å². The molecule has 0 radical (unpaired) electrons. The molecule has 0 aliphatic carbocycles. The lowest BCUT2D eigenvalue weighted by Gasteiger charge is -2.10. The van der Waals surface area contributed by atoms with E-state index in [0.29, 0.717) is 28.7 Å². The average Bonchev–Trinajstić information content (AvgIpc) is 3.15. The van der Waals surface area contributed by atoms with Gasteiger partial charge in [0.15, 0.2) is 23.2 Å². The number of hydrogen-bond acceptors (Lipinski definition) is 5. The second-order valence-electron chi connectivity index (χ2n) is 6.70. The lowest BCUT2D eigenvalue weighted by molar-refractivity contribution is -0.121. The smallest absolute Gasteiger partial charge is 0.264 e. The molecule has 4 rings (SSSR count). The summed E-state index contributed by atoms with van der Waals surface area (Å²) >= 11 is 11.2. The quantitative estimate of drug-likeness (QED) is 0.403. The molecule has 1 heterocycles. The van der Waals surface area contributed by atoms with Gasteiger partial charge in [-0.1, -0.05) is 41.9 Å². The SMILES string of the molecule is O=C(COc1ccccc1)NC(=S)Nc1ccc(Cc2nc3cc(Cl)ccc3o2)cc1. The van der Waals surface area contributed by atoms with Crippen LogP contribution in [0.15, 0.2) is 77.2 Å². The molecule has 0 fully saturated rings. The minimum absolute atomic E-state index is 0.125. The number of nitrogens with one attached hydrogen (secondary N) is 2. The zero-order valence-electron chi connectivity index (χ0n) is 16.3. The Labute approximate surface area is 189 Å². The van der Waals surface area contributed by atoms with Crippen molar-refractivity contribution in [3.63, 3.8) is 0 Å². The van der Waals surface area contributed by atoms with Crippen LogP contribution < -0.4 is 15.4 Å². The summed E-state index contributed by atoms with van der Waals surface area (Å²) in [5.41, 5.74) is 3.21. The summed E-state index contributed by atoms with van der Waals surface area (Å²) in [4.78, 5) is 16.4. The van der Waals surface area contributed by atoms with Crippen molar-refractivity contribution in [2.24, 2.45) is 0 Å². The van der Waals surface area contributed by atoms with Gasteiger partial charge in [0.2, 0.25) is 0 Å². The third-order valence-electron chi connectivity index (χ3n) is 4.33. The molecule has 156 valence electrons. The molecule has 1 amide bonds. The van der Waals surface area contributed by atoms with Gasteiger partial charge in [0.1, 0.15) is 11.3 Å². The highest BCUT2D eigenvalue weighted by Gasteiger charge is 2.09. The Kier molecular flexibility index (Phi) is 6.45. The molecular weight excluding hydrogens is 434 g/mol. The molecule has 0 saturated heterocycles. The molecular formula is C23H18ClN3O3S. The number of ether oxygens (including phenoxy) is 1. The van der Waals surface area contributed by atoms with Crippen LogP contribution in [0.25, 0.3) is 11.1 Å². The number of oxazole rings is 1. The number of rotatable bonds is 6. The highest BCUT2D eigenvalue weighted by Crippen LogP contribution is 2.22. The Balaban J connectivity index is 1.28. The van der Waals surface area contributed by atoms with E-state index in [-0.39, 0.29) is 17.6 Å². The summed E-state index contributed by atoms with van der Waals surface area (Å²) in [5.74, 6) is 0.891. The lowest BCUT2D eigenvalue weighted by atomic mass is 10.1. The molecule has 0 spiro atoms. The molecule has 0 saturated carbocycles. The number of benzene rings is 3. The van der Waals surface area contributed by atoms with Gasteiger partial charge in [0.05, 0.1) is 0 Å². The minimum Gasteiger partial charge on any atom is -0.484 e. The van der Waals surface area contributed by atoms with Crippen LogP contribution in [-0.4, -0.2) is 22.6 Å². The van der Waals surface area contributed by atoms with Crippen LogP contribution in [0.2, 0.25) is 5.02 Å². The Hall–Kier alpha value is -3.42. The largest absolute Gasteiger partial charge is 0.484 e. The van der Waals surface area contributed by atoms with Crippen molar-refractivity contribution in [1.29, 1.82) is 0 Å². The Morgan fingerprint density at radius 3 is 2.61 bits per heavy atom. The van der Waals surface area contributed by atoms with Gasteiger partial charge >= 0.3 is 0 Å². The molecule has 0 aliphatic heterocycles. The van der Waals surface area contributed by atoms with Crippen LogP contribution in [0.5, 0.6) is 5.75 Å². The van der Waals surface area contributed by atoms with Crippen molar-refractivity contribution < 1.29 is 13.9 Å². The first kappa shape index (κ1) is 20.8. The van der Waals surface area contributed by atoms with Crippen molar-refractivity contribution in [3.8, 4) is 5.75 Å². The summed E-state index contributed by atoms with van der Waals surface area (Å²) in [7, 11) is 0. The Morgan fingerprint density at radius 2 is 1.84 bits per heavy atom. The number of para-hydroxylation sites is 1. The molecule has 8 heteroatoms. The fraction of sp³-hybridized carbons (Fsp3) is 0.0870. The van der Waals surface area contributed by atoms with Crippen molar-refractivity contribution >= 4 is 51.6 Å². The molecule has 6 nitrogen and oxygen atoms in total. The number of nitrogens with zero attached hydrogens (tertiary/aromatic N) is 1. The van der Waals surface area contributed by atoms with Gasteiger partial charge in [-0.25, -0.2) is 4.98 Å². The molecule has 31 heavy (non-hydrogen) atoms. The third-order valence-corrected chi connectivity index (χ3v) is 4.77. The molecule has 0 aliphatic rings. The normalized spacial score (nSPS) is 10.6. The van der Waals surface area contributed by atoms with Gasteiger partial charge in [-0.05, 0) is 60.2 Å². The van der Waals surface area contributed by atoms with Gasteiger partial charge in [-0.15, -0.1) is 0 Å². The van der Waals surface area contributed by atoms with Crippen LogP contribution in [0.4, 0.5) is 5.69 Å². The van der Waals surface area contributed by atoms with Gasteiger partial charge in [-0.3, -0.25) is 10.1 Å². The summed E-state index contributed by atoms with van der Waals surface area (Å²) in [6, 6.07) is 22.1. The predicted octanol–water partition coefficient (Wildman–Crippen LogP) is 4.96. The Bertz CT molecular complexity index is 1210. The summed E-state index contributed by atoms with van der Waals surface area (Å²) in [6.45, 7) is -0.125. The fourth-order valence-corrected chi connectivity index (χ4v) is 3.29. The fourth-order valence-electron chi connectivity index (χ4n) is 2.90. The molecule has 0 unspecified atom stereocenters. The van der Waals surface area contributed by atoms with E-state index in [1.807, 2.05) is 42.5 Å². The van der Waals surface area contributed by atoms with E-state index in [2.05, 4.69) is 15.6 Å². The Morgan fingerprint density at radius 1 is 1.06 bits per heavy atom. The monoisotopic (exact) mass is 451 g/mol. The average molecular weight is 452 g/mol. The van der Waals surface area contributed by atoms with E-state index < -0.39 is 0 Å². The maximum absolute atomic E-state index is 12.0. The van der Waals surface area contributed by atoms with Crippen molar-refractivity contribution in [2.75, 3.05) is 11.9 Å². The molecule has 4 aromatic rings. The second-order valence-corrected chi connectivity index (χ2v) is 7.54. The summed E-state index contributed by atoms with van der Waals surface area (Å²) in [6.07, 6.45) is 0.546. The van der Waals surface area contributed by atoms with Crippen LogP contribution in [-0.2, 0) is 11.2 Å². The van der Waals surface area contributed by atoms with E-state index in [1.165, 1.54) is 0 Å². The first-order chi connectivity index (χ1) is 15.0. The standard InChI is InChI=1S/C23H18ClN3O3S/c24-16-8-11-20-19(13-16)26-22(30-20)12-15-6-9-17(10-7-15)25-23(31)27-21(28)14-29-18-4-2-1-3-5-18/h1-11,13H,12,14H2,(H2,25,27,28,31). The maximum atomic E-state index is 12.0.